The minimum Gasteiger partial charge on any atom is -0.318 e. The van der Waals surface area contributed by atoms with Gasteiger partial charge in [-0.05, 0) is 35.9 Å². The number of non-ortho nitro benzene ring substituents is 1. The van der Waals surface area contributed by atoms with Gasteiger partial charge in [0.05, 0.1) is 16.7 Å². The summed E-state index contributed by atoms with van der Waals surface area (Å²) >= 11 is 0. The molecule has 0 heterocycles. The number of hydrogen-bond acceptors (Lipinski definition) is 5. The number of nitrogens with one attached hydrogen (secondary N) is 2. The summed E-state index contributed by atoms with van der Waals surface area (Å²) in [6.07, 6.45) is -3.45. The Hall–Kier alpha value is -3.76. The molecule has 2 aromatic rings. The van der Waals surface area contributed by atoms with Crippen LogP contribution in [0.2, 0.25) is 0 Å². The van der Waals surface area contributed by atoms with Crippen molar-refractivity contribution in [2.24, 2.45) is 5.10 Å². The summed E-state index contributed by atoms with van der Waals surface area (Å²) in [5.74, 6) is -2.42. The van der Waals surface area contributed by atoms with Crippen molar-refractivity contribution in [3.63, 3.8) is 0 Å². The molecule has 0 unspecified atom stereocenters. The second-order valence-corrected chi connectivity index (χ2v) is 5.08. The first kappa shape index (κ1) is 19.6. The van der Waals surface area contributed by atoms with E-state index in [1.165, 1.54) is 30.3 Å². The molecule has 0 fully saturated rings. The van der Waals surface area contributed by atoms with Crippen molar-refractivity contribution < 1.29 is 27.7 Å². The number of rotatable bonds is 4. The number of nitrogens with zero attached hydrogens (tertiary/aromatic N) is 2. The minimum atomic E-state index is -4.59. The van der Waals surface area contributed by atoms with Gasteiger partial charge in [0.25, 0.3) is 5.69 Å². The molecule has 8 nitrogen and oxygen atoms in total. The highest BCUT2D eigenvalue weighted by Gasteiger charge is 2.30. The van der Waals surface area contributed by atoms with Gasteiger partial charge in [-0.3, -0.25) is 19.7 Å². The lowest BCUT2D eigenvalue weighted by Gasteiger charge is -2.09. The maximum absolute atomic E-state index is 12.6. The molecule has 0 aromatic heterocycles. The molecule has 0 aliphatic rings. The number of anilines is 1. The van der Waals surface area contributed by atoms with Crippen molar-refractivity contribution in [2.75, 3.05) is 5.32 Å². The first-order valence-corrected chi connectivity index (χ1v) is 7.23. The van der Waals surface area contributed by atoms with Gasteiger partial charge in [0.2, 0.25) is 0 Å². The van der Waals surface area contributed by atoms with Crippen LogP contribution in [0.15, 0.2) is 53.6 Å². The van der Waals surface area contributed by atoms with Gasteiger partial charge in [-0.25, -0.2) is 5.43 Å². The Labute approximate surface area is 149 Å². The van der Waals surface area contributed by atoms with E-state index in [-0.39, 0.29) is 11.4 Å². The van der Waals surface area contributed by atoms with E-state index < -0.39 is 28.5 Å². The molecule has 0 saturated carbocycles. The number of carbonyl (C=O) groups excluding carboxylic acids is 2. The molecule has 0 aliphatic heterocycles. The van der Waals surface area contributed by atoms with E-state index in [1.54, 1.807) is 0 Å². The Kier molecular flexibility index (Phi) is 5.85. The smallest absolute Gasteiger partial charge is 0.318 e. The largest absolute Gasteiger partial charge is 0.416 e. The van der Waals surface area contributed by atoms with Crippen molar-refractivity contribution in [3.8, 4) is 0 Å². The summed E-state index contributed by atoms with van der Waals surface area (Å²) in [6, 6.07) is 8.99. The van der Waals surface area contributed by atoms with Crippen LogP contribution in [-0.2, 0) is 15.8 Å². The number of hydrogen-bond donors (Lipinski definition) is 2. The van der Waals surface area contributed by atoms with Crippen LogP contribution in [0.3, 0.4) is 0 Å². The predicted octanol–water partition coefficient (Wildman–Crippen LogP) is 2.70. The Balaban J connectivity index is 1.94. The van der Waals surface area contributed by atoms with Crippen molar-refractivity contribution in [3.05, 3.63) is 69.8 Å². The quantitative estimate of drug-likeness (QED) is 0.367. The standard InChI is InChI=1S/C16H11F3N4O4/c17-16(18,19)11-2-1-3-12(8-11)21-14(24)15(25)22-20-9-10-4-6-13(7-5-10)23(26)27/h1-9H,(H,21,24)(H,22,25)/b20-9-. The van der Waals surface area contributed by atoms with Crippen LogP contribution in [0, 0.1) is 10.1 Å². The molecular formula is C16H11F3N4O4. The number of alkyl halides is 3. The fourth-order valence-corrected chi connectivity index (χ4v) is 1.86. The molecular weight excluding hydrogens is 369 g/mol. The Morgan fingerprint density at radius 1 is 1.07 bits per heavy atom. The maximum atomic E-state index is 12.6. The fraction of sp³-hybridized carbons (Fsp3) is 0.0625. The highest BCUT2D eigenvalue weighted by Crippen LogP contribution is 2.30. The van der Waals surface area contributed by atoms with Crippen molar-refractivity contribution >= 4 is 29.4 Å². The van der Waals surface area contributed by atoms with Crippen molar-refractivity contribution in [2.45, 2.75) is 6.18 Å². The fourth-order valence-electron chi connectivity index (χ4n) is 1.86. The Morgan fingerprint density at radius 2 is 1.74 bits per heavy atom. The third kappa shape index (κ3) is 5.63. The Morgan fingerprint density at radius 3 is 2.33 bits per heavy atom. The lowest BCUT2D eigenvalue weighted by molar-refractivity contribution is -0.384. The molecule has 140 valence electrons. The summed E-state index contributed by atoms with van der Waals surface area (Å²) in [6.45, 7) is 0. The molecule has 11 heteroatoms. The van der Waals surface area contributed by atoms with Gasteiger partial charge in [-0.1, -0.05) is 6.07 Å². The number of benzene rings is 2. The van der Waals surface area contributed by atoms with Crippen molar-refractivity contribution in [1.29, 1.82) is 0 Å². The maximum Gasteiger partial charge on any atom is 0.416 e. The van der Waals surface area contributed by atoms with Crippen LogP contribution >= 0.6 is 0 Å². The van der Waals surface area contributed by atoms with Crippen LogP contribution in [0.4, 0.5) is 24.5 Å². The van der Waals surface area contributed by atoms with Crippen molar-refractivity contribution in [1.82, 2.24) is 5.43 Å². The van der Waals surface area contributed by atoms with Crippen LogP contribution < -0.4 is 10.7 Å². The SMILES string of the molecule is O=C(N/N=C\c1ccc([N+](=O)[O-])cc1)C(=O)Nc1cccc(C(F)(F)F)c1. The topological polar surface area (TPSA) is 114 Å². The third-order valence-corrected chi connectivity index (χ3v) is 3.14. The van der Waals surface area contributed by atoms with Crippen LogP contribution in [0.25, 0.3) is 0 Å². The second kappa shape index (κ2) is 8.08. The van der Waals surface area contributed by atoms with E-state index in [1.807, 2.05) is 10.7 Å². The monoisotopic (exact) mass is 380 g/mol. The first-order valence-electron chi connectivity index (χ1n) is 7.23. The van der Waals surface area contributed by atoms with Crippen LogP contribution in [0.1, 0.15) is 11.1 Å². The third-order valence-electron chi connectivity index (χ3n) is 3.14. The Bertz CT molecular complexity index is 895. The number of nitro groups is 1. The van der Waals surface area contributed by atoms with Gasteiger partial charge in [0.1, 0.15) is 0 Å². The summed E-state index contributed by atoms with van der Waals surface area (Å²) in [5, 5.41) is 16.0. The minimum absolute atomic E-state index is 0.128. The molecule has 0 bridgehead atoms. The predicted molar refractivity (Wildman–Crippen MR) is 88.9 cm³/mol. The van der Waals surface area contributed by atoms with Gasteiger partial charge in [-0.2, -0.15) is 18.3 Å². The molecule has 2 rings (SSSR count). The second-order valence-electron chi connectivity index (χ2n) is 5.08. The van der Waals surface area contributed by atoms with Crippen LogP contribution in [0.5, 0.6) is 0 Å². The van der Waals surface area contributed by atoms with Crippen LogP contribution in [-0.4, -0.2) is 23.0 Å². The number of hydrazone groups is 1. The summed E-state index contributed by atoms with van der Waals surface area (Å²) < 4.78 is 37.8. The zero-order valence-corrected chi connectivity index (χ0v) is 13.4. The average molecular weight is 380 g/mol. The molecule has 2 aromatic carbocycles. The van der Waals surface area contributed by atoms with E-state index in [4.69, 9.17) is 0 Å². The van der Waals surface area contributed by atoms with Gasteiger partial charge >= 0.3 is 18.0 Å². The number of carbonyl (C=O) groups is 2. The van der Waals surface area contributed by atoms with E-state index >= 15 is 0 Å². The van der Waals surface area contributed by atoms with Gasteiger partial charge in [0, 0.05) is 17.8 Å². The number of amides is 2. The highest BCUT2D eigenvalue weighted by molar-refractivity contribution is 6.39. The summed E-state index contributed by atoms with van der Waals surface area (Å²) in [4.78, 5) is 33.2. The molecule has 0 aliphatic carbocycles. The lowest BCUT2D eigenvalue weighted by atomic mass is 10.2. The normalized spacial score (nSPS) is 11.2. The van der Waals surface area contributed by atoms with Gasteiger partial charge in [-0.15, -0.1) is 0 Å². The molecule has 27 heavy (non-hydrogen) atoms. The molecule has 2 amide bonds. The zero-order valence-electron chi connectivity index (χ0n) is 13.4. The van der Waals surface area contributed by atoms with E-state index in [0.717, 1.165) is 18.3 Å². The van der Waals surface area contributed by atoms with E-state index in [9.17, 15) is 32.9 Å². The molecule has 0 atom stereocenters. The number of halogens is 3. The summed E-state index contributed by atoms with van der Waals surface area (Å²) in [7, 11) is 0. The summed E-state index contributed by atoms with van der Waals surface area (Å²) in [5.41, 5.74) is 1.00. The molecule has 2 N–H and O–H groups in total. The zero-order chi connectivity index (χ0) is 20.0. The average Bonchev–Trinajstić information content (AvgIpc) is 2.61. The van der Waals surface area contributed by atoms with E-state index in [2.05, 4.69) is 5.10 Å². The van der Waals surface area contributed by atoms with Gasteiger partial charge < -0.3 is 5.32 Å². The number of nitro benzene ring substituents is 1. The van der Waals surface area contributed by atoms with E-state index in [0.29, 0.717) is 11.6 Å². The molecule has 0 radical (unpaired) electrons. The van der Waals surface area contributed by atoms with Gasteiger partial charge in [0.15, 0.2) is 0 Å². The molecule has 0 spiro atoms. The first-order chi connectivity index (χ1) is 12.7. The lowest BCUT2D eigenvalue weighted by Crippen LogP contribution is -2.32. The molecule has 0 saturated heterocycles. The highest BCUT2D eigenvalue weighted by atomic mass is 19.4.